The maximum absolute atomic E-state index is 2.58. The van der Waals surface area contributed by atoms with Gasteiger partial charge in [0.2, 0.25) is 0 Å². The lowest BCUT2D eigenvalue weighted by molar-refractivity contribution is 1.30. The van der Waals surface area contributed by atoms with Crippen molar-refractivity contribution in [3.63, 3.8) is 0 Å². The zero-order valence-electron chi connectivity index (χ0n) is 42.1. The number of para-hydroxylation sites is 4. The Labute approximate surface area is 436 Å². The normalized spacial score (nSPS) is 13.6. The van der Waals surface area contributed by atoms with Gasteiger partial charge in [-0.05, 0) is 147 Å². The summed E-state index contributed by atoms with van der Waals surface area (Å²) in [4.78, 5) is 4.77. The van der Waals surface area contributed by atoms with Crippen molar-refractivity contribution in [2.45, 2.75) is 26.2 Å². The summed E-state index contributed by atoms with van der Waals surface area (Å²) in [5, 5.41) is 14.1. The van der Waals surface area contributed by atoms with Crippen molar-refractivity contribution in [1.29, 1.82) is 0 Å². The standard InChI is InChI=1S/C70H54N2Si2/c1-73(2)65-43-44-66-70-62(60-36-34-48(46-68(60)74(66,3)4)54-40-42-64(58-32-20-18-30-56(54)58)72(51-25-13-7-14-26-51)52-27-15-8-16-28-52)38-37-61(69(65)70)59-35-33-47(45-67(59)73)53-39-41-63(57-31-19-17-29-55(53)57)71(49-21-9-5-10-22-49)50-23-11-6-12-24-50/h5-46H,1-4H3. The summed E-state index contributed by atoms with van der Waals surface area (Å²) in [5.74, 6) is 0. The van der Waals surface area contributed by atoms with Crippen LogP contribution < -0.4 is 30.5 Å². The van der Waals surface area contributed by atoms with Crippen LogP contribution in [0.3, 0.4) is 0 Å². The molecule has 0 unspecified atom stereocenters. The molecule has 2 nitrogen and oxygen atoms in total. The second-order valence-corrected chi connectivity index (χ2v) is 29.9. The Morgan fingerprint density at radius 2 is 0.541 bits per heavy atom. The zero-order chi connectivity index (χ0) is 49.7. The van der Waals surface area contributed by atoms with Crippen LogP contribution in [-0.2, 0) is 0 Å². The van der Waals surface area contributed by atoms with E-state index in [0.717, 1.165) is 22.7 Å². The third-order valence-electron chi connectivity index (χ3n) is 16.4. The molecule has 12 aromatic carbocycles. The van der Waals surface area contributed by atoms with E-state index in [0.29, 0.717) is 0 Å². The lowest BCUT2D eigenvalue weighted by atomic mass is 9.89. The Hall–Kier alpha value is -8.55. The van der Waals surface area contributed by atoms with Gasteiger partial charge in [-0.15, -0.1) is 0 Å². The number of hydrogen-bond acceptors (Lipinski definition) is 2. The first kappa shape index (κ1) is 44.2. The van der Waals surface area contributed by atoms with Gasteiger partial charge in [0.1, 0.15) is 16.1 Å². The van der Waals surface area contributed by atoms with Crippen LogP contribution in [-0.4, -0.2) is 16.1 Å². The summed E-state index contributed by atoms with van der Waals surface area (Å²) in [7, 11) is -4.43. The quantitative estimate of drug-likeness (QED) is 0.140. The van der Waals surface area contributed by atoms with Gasteiger partial charge in [0, 0.05) is 33.5 Å². The van der Waals surface area contributed by atoms with Crippen molar-refractivity contribution in [1.82, 2.24) is 0 Å². The fourth-order valence-electron chi connectivity index (χ4n) is 12.8. The van der Waals surface area contributed by atoms with Crippen molar-refractivity contribution in [2.24, 2.45) is 0 Å². The van der Waals surface area contributed by atoms with Crippen LogP contribution in [0.25, 0.3) is 76.8 Å². The van der Waals surface area contributed by atoms with E-state index < -0.39 is 16.1 Å². The van der Waals surface area contributed by atoms with Gasteiger partial charge in [-0.2, -0.15) is 0 Å². The molecule has 4 heteroatoms. The molecule has 2 heterocycles. The minimum absolute atomic E-state index is 1.14. The molecule has 352 valence electrons. The monoisotopic (exact) mass is 978 g/mol. The van der Waals surface area contributed by atoms with Crippen LogP contribution >= 0.6 is 0 Å². The fraction of sp³-hybridized carbons (Fsp3) is 0.0571. The molecular formula is C70H54N2Si2. The molecule has 12 aromatic rings. The molecule has 0 fully saturated rings. The molecular weight excluding hydrogens is 925 g/mol. The largest absolute Gasteiger partial charge is 0.310 e. The number of rotatable bonds is 8. The molecule has 0 bridgehead atoms. The van der Waals surface area contributed by atoms with Gasteiger partial charge in [-0.3, -0.25) is 0 Å². The second-order valence-electron chi connectivity index (χ2n) is 21.2. The molecule has 0 saturated carbocycles. The predicted molar refractivity (Wildman–Crippen MR) is 324 cm³/mol. The van der Waals surface area contributed by atoms with E-state index in [2.05, 4.69) is 291 Å². The smallest absolute Gasteiger partial charge is 0.113 e. The van der Waals surface area contributed by atoms with E-state index >= 15 is 0 Å². The van der Waals surface area contributed by atoms with Gasteiger partial charge in [-0.25, -0.2) is 0 Å². The summed E-state index contributed by atoms with van der Waals surface area (Å²) in [6.45, 7) is 10.3. The maximum atomic E-state index is 2.58. The Kier molecular flexibility index (Phi) is 10.2. The number of nitrogens with zero attached hydrogens (tertiary/aromatic N) is 2. The van der Waals surface area contributed by atoms with E-state index in [1.165, 1.54) is 98.6 Å². The molecule has 0 amide bonds. The highest BCUT2D eigenvalue weighted by Gasteiger charge is 2.41. The summed E-state index contributed by atoms with van der Waals surface area (Å²) < 4.78 is 0. The van der Waals surface area contributed by atoms with Crippen molar-refractivity contribution in [3.05, 3.63) is 255 Å². The summed E-state index contributed by atoms with van der Waals surface area (Å²) in [6.07, 6.45) is 0. The molecule has 0 aromatic heterocycles. The van der Waals surface area contributed by atoms with E-state index in [1.807, 2.05) is 0 Å². The van der Waals surface area contributed by atoms with Crippen LogP contribution in [0.1, 0.15) is 0 Å². The maximum Gasteiger partial charge on any atom is 0.113 e. The minimum atomic E-state index is -2.22. The molecule has 74 heavy (non-hydrogen) atoms. The Balaban J connectivity index is 0.873. The van der Waals surface area contributed by atoms with E-state index in [4.69, 9.17) is 0 Å². The van der Waals surface area contributed by atoms with Crippen molar-refractivity contribution < 1.29 is 0 Å². The fourth-order valence-corrected chi connectivity index (χ4v) is 19.0. The first-order valence-corrected chi connectivity index (χ1v) is 32.0. The third kappa shape index (κ3) is 6.75. The third-order valence-corrected chi connectivity index (χ3v) is 23.5. The highest BCUT2D eigenvalue weighted by molar-refractivity contribution is 7.05. The number of fused-ring (bicyclic) bond motifs is 6. The second kappa shape index (κ2) is 17.0. The van der Waals surface area contributed by atoms with E-state index in [1.54, 1.807) is 10.4 Å². The lowest BCUT2D eigenvalue weighted by Gasteiger charge is -2.39. The van der Waals surface area contributed by atoms with Crippen molar-refractivity contribution in [2.75, 3.05) is 9.80 Å². The summed E-state index contributed by atoms with van der Waals surface area (Å²) >= 11 is 0. The lowest BCUT2D eigenvalue weighted by Crippen LogP contribution is -2.59. The topological polar surface area (TPSA) is 6.48 Å². The number of anilines is 6. The SMILES string of the molecule is C[Si]1(C)c2cc(-c3ccc(N(c4ccccc4)c4ccccc4)c4ccccc34)ccc2-c2ccc3c4c(ccc1c24)[Si](C)(C)c1cc(-c2ccc(N(c4ccccc4)c4ccccc4)c4ccccc24)ccc1-3. The van der Waals surface area contributed by atoms with Gasteiger partial charge in [0.05, 0.1) is 11.4 Å². The van der Waals surface area contributed by atoms with Crippen LogP contribution in [0.2, 0.25) is 26.2 Å². The zero-order valence-corrected chi connectivity index (χ0v) is 44.1. The van der Waals surface area contributed by atoms with E-state index in [-0.39, 0.29) is 0 Å². The number of hydrogen-bond donors (Lipinski definition) is 0. The molecule has 14 rings (SSSR count). The first-order valence-electron chi connectivity index (χ1n) is 26.0. The highest BCUT2D eigenvalue weighted by Crippen LogP contribution is 2.46. The molecule has 0 N–H and O–H groups in total. The Morgan fingerprint density at radius 3 is 0.892 bits per heavy atom. The average Bonchev–Trinajstić information content (AvgIpc) is 3.45. The number of benzene rings is 12. The van der Waals surface area contributed by atoms with Crippen molar-refractivity contribution >= 4 is 103 Å². The van der Waals surface area contributed by atoms with Crippen LogP contribution in [0, 0.1) is 0 Å². The first-order chi connectivity index (χ1) is 36.3. The van der Waals surface area contributed by atoms with Gasteiger partial charge in [-0.1, -0.05) is 220 Å². The predicted octanol–water partition coefficient (Wildman–Crippen LogP) is 17.0. The molecule has 0 spiro atoms. The van der Waals surface area contributed by atoms with Gasteiger partial charge >= 0.3 is 0 Å². The van der Waals surface area contributed by atoms with Gasteiger partial charge in [0.25, 0.3) is 0 Å². The average molecular weight is 979 g/mol. The summed E-state index contributed by atoms with van der Waals surface area (Å²) in [5.41, 5.74) is 17.5. The minimum Gasteiger partial charge on any atom is -0.310 e. The molecule has 2 aliphatic heterocycles. The van der Waals surface area contributed by atoms with E-state index in [9.17, 15) is 0 Å². The molecule has 2 aliphatic rings. The van der Waals surface area contributed by atoms with Crippen LogP contribution in [0.4, 0.5) is 34.1 Å². The van der Waals surface area contributed by atoms with Gasteiger partial charge < -0.3 is 9.80 Å². The molecule has 0 aliphatic carbocycles. The van der Waals surface area contributed by atoms with Crippen molar-refractivity contribution in [3.8, 4) is 44.5 Å². The summed E-state index contributed by atoms with van der Waals surface area (Å²) in [6, 6.07) is 95.1. The van der Waals surface area contributed by atoms with Crippen LogP contribution in [0.15, 0.2) is 255 Å². The molecule has 0 saturated heterocycles. The van der Waals surface area contributed by atoms with Gasteiger partial charge in [0.15, 0.2) is 0 Å². The Morgan fingerprint density at radius 1 is 0.243 bits per heavy atom. The highest BCUT2D eigenvalue weighted by atomic mass is 28.3. The molecule has 0 atom stereocenters. The molecule has 0 radical (unpaired) electrons. The Bertz CT molecular complexity index is 3840. The van der Waals surface area contributed by atoms with Crippen LogP contribution in [0.5, 0.6) is 0 Å².